The third-order valence-electron chi connectivity index (χ3n) is 4.17. The molecule has 2 rings (SSSR count). The molecule has 1 aliphatic rings. The van der Waals surface area contributed by atoms with E-state index in [-0.39, 0.29) is 6.61 Å². The Kier molecular flexibility index (Phi) is 12.1. The number of aliphatic hydroxyl groups is 1. The average Bonchev–Trinajstić information content (AvgIpc) is 3.06. The quantitative estimate of drug-likeness (QED) is 0.358. The van der Waals surface area contributed by atoms with Crippen LogP contribution >= 0.6 is 11.6 Å². The molecule has 1 atom stereocenters. The zero-order valence-electron chi connectivity index (χ0n) is 16.0. The van der Waals surface area contributed by atoms with Crippen molar-refractivity contribution in [3.05, 3.63) is 47.3 Å². The second-order valence-corrected chi connectivity index (χ2v) is 6.70. The van der Waals surface area contributed by atoms with Gasteiger partial charge in [0.25, 0.3) is 0 Å². The summed E-state index contributed by atoms with van der Waals surface area (Å²) in [6, 6.07) is 7.96. The molecule has 7 nitrogen and oxygen atoms in total. The Morgan fingerprint density at radius 2 is 1.70 bits per heavy atom. The number of aliphatic hydroxyl groups excluding tert-OH is 1. The van der Waals surface area contributed by atoms with Gasteiger partial charge in [-0.3, -0.25) is 0 Å². The van der Waals surface area contributed by atoms with Gasteiger partial charge in [0.15, 0.2) is 0 Å². The van der Waals surface area contributed by atoms with E-state index < -0.39 is 0 Å². The van der Waals surface area contributed by atoms with Gasteiger partial charge in [-0.2, -0.15) is 10.0 Å². The number of aliphatic imine (C=N–C) groups is 1. The number of nitrogens with two attached hydrogens (primary N) is 3. The van der Waals surface area contributed by atoms with Gasteiger partial charge in [0.2, 0.25) is 5.84 Å². The van der Waals surface area contributed by atoms with Gasteiger partial charge in [-0.15, -0.1) is 0 Å². The summed E-state index contributed by atoms with van der Waals surface area (Å²) in [7, 11) is 0. The largest absolute Gasteiger partial charge is 0.396 e. The summed E-state index contributed by atoms with van der Waals surface area (Å²) in [5, 5.41) is 8.75. The van der Waals surface area contributed by atoms with E-state index in [9.17, 15) is 0 Å². The van der Waals surface area contributed by atoms with E-state index in [1.807, 2.05) is 18.3 Å². The third-order valence-corrected chi connectivity index (χ3v) is 4.42. The van der Waals surface area contributed by atoms with Crippen LogP contribution in [0.5, 0.6) is 0 Å². The molecular weight excluding hydrogens is 364 g/mol. The Balaban J connectivity index is 0.000000646. The average molecular weight is 398 g/mol. The molecule has 8 N–H and O–H groups in total. The number of benzene rings is 1. The van der Waals surface area contributed by atoms with Crippen molar-refractivity contribution in [3.8, 4) is 0 Å². The van der Waals surface area contributed by atoms with Crippen LogP contribution in [0.25, 0.3) is 0 Å². The van der Waals surface area contributed by atoms with Gasteiger partial charge in [-0.05, 0) is 43.6 Å². The molecule has 0 aromatic heterocycles. The van der Waals surface area contributed by atoms with Crippen LogP contribution in [0.3, 0.4) is 0 Å². The van der Waals surface area contributed by atoms with Crippen molar-refractivity contribution in [2.75, 3.05) is 39.3 Å². The summed E-state index contributed by atoms with van der Waals surface area (Å²) >= 11 is 5.92. The molecule has 152 valence electrons. The maximum atomic E-state index is 7.99. The number of hydrogen-bond acceptors (Lipinski definition) is 6. The molecule has 27 heavy (non-hydrogen) atoms. The second-order valence-electron chi connectivity index (χ2n) is 6.27. The van der Waals surface area contributed by atoms with Crippen LogP contribution in [-0.2, 0) is 6.42 Å². The van der Waals surface area contributed by atoms with Gasteiger partial charge >= 0.3 is 0 Å². The van der Waals surface area contributed by atoms with Crippen LogP contribution in [0.15, 0.2) is 41.7 Å². The fraction of sp³-hybridized carbons (Fsp3) is 0.526. The molecule has 0 bridgehead atoms. The maximum absolute atomic E-state index is 7.99. The molecule has 8 heteroatoms. The number of nitrogens with one attached hydrogen (secondary N) is 1. The van der Waals surface area contributed by atoms with Crippen molar-refractivity contribution >= 4 is 17.4 Å². The molecule has 0 fully saturated rings. The van der Waals surface area contributed by atoms with E-state index in [4.69, 9.17) is 33.9 Å². The fourth-order valence-electron chi connectivity index (χ4n) is 2.72. The van der Waals surface area contributed by atoms with E-state index in [2.05, 4.69) is 28.8 Å². The predicted octanol–water partition coefficient (Wildman–Crippen LogP) is 1.11. The second kappa shape index (κ2) is 13.8. The van der Waals surface area contributed by atoms with Crippen molar-refractivity contribution in [2.24, 2.45) is 22.2 Å². The molecule has 0 amide bonds. The molecule has 0 aliphatic carbocycles. The van der Waals surface area contributed by atoms with Crippen molar-refractivity contribution in [1.29, 1.82) is 0 Å². The third kappa shape index (κ3) is 8.49. The van der Waals surface area contributed by atoms with Crippen LogP contribution in [0, 0.1) is 0 Å². The van der Waals surface area contributed by atoms with Gasteiger partial charge in [-0.1, -0.05) is 23.7 Å². The highest BCUT2D eigenvalue weighted by Gasteiger charge is 2.34. The minimum absolute atomic E-state index is 0.219. The number of hydrogen-bond donors (Lipinski definition) is 5. The maximum Gasteiger partial charge on any atom is 0.228 e. The first-order valence-corrected chi connectivity index (χ1v) is 9.83. The predicted molar refractivity (Wildman–Crippen MR) is 113 cm³/mol. The van der Waals surface area contributed by atoms with Gasteiger partial charge in [-0.25, -0.2) is 4.99 Å². The molecule has 1 unspecified atom stereocenters. The van der Waals surface area contributed by atoms with E-state index in [1.54, 1.807) is 0 Å². The van der Waals surface area contributed by atoms with E-state index in [1.165, 1.54) is 5.56 Å². The molecule has 1 aliphatic heterocycles. The molecule has 0 saturated carbocycles. The molecule has 0 saturated heterocycles. The summed E-state index contributed by atoms with van der Waals surface area (Å²) in [4.78, 5) is 4.48. The van der Waals surface area contributed by atoms with Crippen LogP contribution in [0.2, 0.25) is 5.02 Å². The van der Waals surface area contributed by atoms with E-state index >= 15 is 0 Å². The highest BCUT2D eigenvalue weighted by Crippen LogP contribution is 2.17. The van der Waals surface area contributed by atoms with Crippen molar-refractivity contribution in [3.63, 3.8) is 0 Å². The lowest BCUT2D eigenvalue weighted by atomic mass is 10.1. The molecule has 0 radical (unpaired) electrons. The Hall–Kier alpha value is -1.32. The highest BCUT2D eigenvalue weighted by atomic mass is 35.5. The van der Waals surface area contributed by atoms with Gasteiger partial charge in [0.1, 0.15) is 12.7 Å². The lowest BCUT2D eigenvalue weighted by Crippen LogP contribution is -2.58. The first-order valence-electron chi connectivity index (χ1n) is 9.45. The first-order chi connectivity index (χ1) is 13.1. The number of nitrogens with zero attached hydrogens (tertiary/aromatic N) is 2. The van der Waals surface area contributed by atoms with Crippen molar-refractivity contribution in [2.45, 2.75) is 25.7 Å². The standard InChI is InChI=1S/C16H25ClN5.C3H9NO/c17-15-4-2-14(3-5-15)7-10-21-22(12-1-8-18)13-11-20-16(22)6-9-19;4-2-1-3-5/h2-5,11,13,21H,1,6-10,12,18-19H2;5H,1-4H2/q+1;. The Morgan fingerprint density at radius 3 is 2.26 bits per heavy atom. The summed E-state index contributed by atoms with van der Waals surface area (Å²) in [5.74, 6) is 1.06. The minimum atomic E-state index is 0.219. The number of amidine groups is 1. The topological polar surface area (TPSA) is 123 Å². The van der Waals surface area contributed by atoms with Crippen molar-refractivity contribution < 1.29 is 9.70 Å². The van der Waals surface area contributed by atoms with Gasteiger partial charge in [0.05, 0.1) is 12.6 Å². The van der Waals surface area contributed by atoms with Crippen LogP contribution in [0.1, 0.15) is 24.8 Å². The first kappa shape index (κ1) is 23.7. The summed E-state index contributed by atoms with van der Waals surface area (Å²) < 4.78 is 0.571. The smallest absolute Gasteiger partial charge is 0.228 e. The molecule has 1 heterocycles. The Labute approximate surface area is 167 Å². The highest BCUT2D eigenvalue weighted by molar-refractivity contribution is 6.30. The molecular formula is C19H34ClN6O+. The Morgan fingerprint density at radius 1 is 1.00 bits per heavy atom. The molecule has 1 aromatic carbocycles. The SMILES string of the molecule is NCCCO.NCCC[N+]1(NCCc2ccc(Cl)cc2)C=CN=C1CCN. The van der Waals surface area contributed by atoms with Gasteiger partial charge in [0, 0.05) is 31.1 Å². The minimum Gasteiger partial charge on any atom is -0.396 e. The zero-order chi connectivity index (χ0) is 20.0. The van der Waals surface area contributed by atoms with Crippen LogP contribution in [0.4, 0.5) is 0 Å². The number of rotatable bonds is 11. The lowest BCUT2D eigenvalue weighted by Gasteiger charge is -2.32. The zero-order valence-corrected chi connectivity index (χ0v) is 16.7. The van der Waals surface area contributed by atoms with E-state index in [0.29, 0.717) is 24.2 Å². The van der Waals surface area contributed by atoms with Crippen LogP contribution < -0.4 is 22.6 Å². The summed E-state index contributed by atoms with van der Waals surface area (Å²) in [5.41, 5.74) is 21.2. The normalized spacial score (nSPS) is 18.2. The monoisotopic (exact) mass is 397 g/mol. The molecule has 1 aromatic rings. The van der Waals surface area contributed by atoms with Crippen LogP contribution in [-0.4, -0.2) is 54.9 Å². The van der Waals surface area contributed by atoms with Crippen molar-refractivity contribution in [1.82, 2.24) is 5.43 Å². The summed E-state index contributed by atoms with van der Waals surface area (Å²) in [6.07, 6.45) is 7.32. The number of quaternary nitrogens is 1. The Bertz CT molecular complexity index is 576. The fourth-order valence-corrected chi connectivity index (χ4v) is 2.85. The summed E-state index contributed by atoms with van der Waals surface area (Å²) in [6.45, 7) is 3.82. The lowest BCUT2D eigenvalue weighted by molar-refractivity contribution is -0.836. The molecule has 0 spiro atoms. The van der Waals surface area contributed by atoms with Gasteiger partial charge < -0.3 is 22.3 Å². The number of halogens is 1. The van der Waals surface area contributed by atoms with E-state index in [0.717, 1.165) is 49.6 Å².